The number of aromatic hydroxyl groups is 1. The summed E-state index contributed by atoms with van der Waals surface area (Å²) in [4.78, 5) is 17.2. The van der Waals surface area contributed by atoms with E-state index in [0.29, 0.717) is 11.4 Å². The van der Waals surface area contributed by atoms with Gasteiger partial charge < -0.3 is 15.7 Å². The minimum absolute atomic E-state index is 0.142. The van der Waals surface area contributed by atoms with E-state index in [-0.39, 0.29) is 11.3 Å². The molecule has 0 spiro atoms. The number of phenolic OH excluding ortho intramolecular Hbond substituents is 1. The Hall–Kier alpha value is -2.63. The van der Waals surface area contributed by atoms with Gasteiger partial charge in [-0.05, 0) is 18.2 Å². The van der Waals surface area contributed by atoms with E-state index >= 15 is 0 Å². The van der Waals surface area contributed by atoms with Crippen molar-refractivity contribution < 1.29 is 14.3 Å². The molecule has 5 nitrogen and oxygen atoms in total. The predicted molar refractivity (Wildman–Crippen MR) is 69.4 cm³/mol. The minimum atomic E-state index is -0.788. The maximum Gasteiger partial charge on any atom is 0.261 e. The number of pyridine rings is 1. The number of hydrogen-bond donors (Lipinski definition) is 2. The van der Waals surface area contributed by atoms with Crippen LogP contribution in [0.1, 0.15) is 10.4 Å². The molecule has 0 saturated carbocycles. The first-order valence-corrected chi connectivity index (χ1v) is 5.46. The van der Waals surface area contributed by atoms with Crippen molar-refractivity contribution in [3.63, 3.8) is 0 Å². The van der Waals surface area contributed by atoms with Gasteiger partial charge in [0.15, 0.2) is 0 Å². The van der Waals surface area contributed by atoms with E-state index in [1.807, 2.05) is 0 Å². The van der Waals surface area contributed by atoms with Crippen molar-refractivity contribution in [1.82, 2.24) is 4.98 Å². The average molecular weight is 261 g/mol. The summed E-state index contributed by atoms with van der Waals surface area (Å²) in [6, 6.07) is 4.92. The van der Waals surface area contributed by atoms with Gasteiger partial charge in [-0.1, -0.05) is 0 Å². The van der Waals surface area contributed by atoms with Crippen LogP contribution >= 0.6 is 0 Å². The second-order valence-electron chi connectivity index (χ2n) is 3.96. The van der Waals surface area contributed by atoms with Crippen LogP contribution in [-0.4, -0.2) is 23.0 Å². The van der Waals surface area contributed by atoms with Gasteiger partial charge in [-0.2, -0.15) is 0 Å². The van der Waals surface area contributed by atoms with Gasteiger partial charge in [0.1, 0.15) is 11.6 Å². The summed E-state index contributed by atoms with van der Waals surface area (Å²) in [7, 11) is 1.49. The summed E-state index contributed by atoms with van der Waals surface area (Å²) in [5.41, 5.74) is 6.32. The maximum atomic E-state index is 13.6. The molecule has 6 heteroatoms. The Kier molecular flexibility index (Phi) is 3.33. The number of benzene rings is 1. The van der Waals surface area contributed by atoms with Crippen LogP contribution in [0.3, 0.4) is 0 Å². The summed E-state index contributed by atoms with van der Waals surface area (Å²) < 4.78 is 13.6. The van der Waals surface area contributed by atoms with Crippen molar-refractivity contribution >= 4 is 17.3 Å². The van der Waals surface area contributed by atoms with E-state index in [1.54, 1.807) is 6.07 Å². The molecule has 98 valence electrons. The Labute approximate surface area is 109 Å². The molecule has 1 aromatic carbocycles. The molecule has 0 saturated heterocycles. The van der Waals surface area contributed by atoms with Gasteiger partial charge in [-0.25, -0.2) is 4.39 Å². The third-order valence-corrected chi connectivity index (χ3v) is 2.68. The number of rotatable bonds is 2. The number of carbonyl (C=O) groups excluding carboxylic acids is 1. The first-order valence-electron chi connectivity index (χ1n) is 5.46. The number of nitrogens with zero attached hydrogens (tertiary/aromatic N) is 2. The number of carbonyl (C=O) groups is 1. The molecule has 1 aromatic heterocycles. The third kappa shape index (κ3) is 2.47. The van der Waals surface area contributed by atoms with E-state index < -0.39 is 11.7 Å². The SMILES string of the molecule is CN(C(=O)c1ccc(O)cc1F)c1ccncc1N. The number of anilines is 2. The molecule has 1 amide bonds. The lowest BCUT2D eigenvalue weighted by Gasteiger charge is -2.19. The smallest absolute Gasteiger partial charge is 0.261 e. The second kappa shape index (κ2) is 4.93. The zero-order valence-electron chi connectivity index (χ0n) is 10.2. The van der Waals surface area contributed by atoms with E-state index in [0.717, 1.165) is 6.07 Å². The molecule has 3 N–H and O–H groups in total. The molecule has 0 aliphatic carbocycles. The van der Waals surface area contributed by atoms with Gasteiger partial charge >= 0.3 is 0 Å². The van der Waals surface area contributed by atoms with Crippen molar-refractivity contribution in [3.8, 4) is 5.75 Å². The fraction of sp³-hybridized carbons (Fsp3) is 0.0769. The molecule has 2 rings (SSSR count). The Morgan fingerprint density at radius 3 is 2.79 bits per heavy atom. The van der Waals surface area contributed by atoms with Crippen molar-refractivity contribution in [2.24, 2.45) is 0 Å². The highest BCUT2D eigenvalue weighted by Gasteiger charge is 2.19. The van der Waals surface area contributed by atoms with E-state index in [9.17, 15) is 9.18 Å². The van der Waals surface area contributed by atoms with E-state index in [2.05, 4.69) is 4.98 Å². The summed E-state index contributed by atoms with van der Waals surface area (Å²) in [6.07, 6.45) is 2.90. The van der Waals surface area contributed by atoms with Crippen LogP contribution in [-0.2, 0) is 0 Å². The molecular weight excluding hydrogens is 249 g/mol. The van der Waals surface area contributed by atoms with Crippen molar-refractivity contribution in [1.29, 1.82) is 0 Å². The normalized spacial score (nSPS) is 10.2. The lowest BCUT2D eigenvalue weighted by atomic mass is 10.1. The highest BCUT2D eigenvalue weighted by atomic mass is 19.1. The van der Waals surface area contributed by atoms with Gasteiger partial charge in [-0.3, -0.25) is 9.78 Å². The minimum Gasteiger partial charge on any atom is -0.508 e. The molecule has 0 aliphatic rings. The standard InChI is InChI=1S/C13H12FN3O2/c1-17(12-4-5-16-7-11(12)15)13(19)9-3-2-8(18)6-10(9)14/h2-7,18H,15H2,1H3. The maximum absolute atomic E-state index is 13.6. The van der Waals surface area contributed by atoms with Gasteiger partial charge in [0.05, 0.1) is 23.1 Å². The number of hydrogen-bond acceptors (Lipinski definition) is 4. The Bertz CT molecular complexity index is 631. The van der Waals surface area contributed by atoms with Gasteiger partial charge in [0, 0.05) is 19.3 Å². The summed E-state index contributed by atoms with van der Waals surface area (Å²) >= 11 is 0. The lowest BCUT2D eigenvalue weighted by molar-refractivity contribution is 0.0989. The number of nitrogen functional groups attached to an aromatic ring is 1. The zero-order chi connectivity index (χ0) is 14.0. The van der Waals surface area contributed by atoms with Crippen LogP contribution in [0.15, 0.2) is 36.7 Å². The van der Waals surface area contributed by atoms with Gasteiger partial charge in [0.2, 0.25) is 0 Å². The van der Waals surface area contributed by atoms with Crippen molar-refractivity contribution in [2.75, 3.05) is 17.7 Å². The zero-order valence-corrected chi connectivity index (χ0v) is 10.2. The van der Waals surface area contributed by atoms with E-state index in [1.165, 1.54) is 36.5 Å². The van der Waals surface area contributed by atoms with Crippen LogP contribution in [0.4, 0.5) is 15.8 Å². The molecule has 0 radical (unpaired) electrons. The first kappa shape index (κ1) is 12.8. The number of amides is 1. The number of nitrogens with two attached hydrogens (primary N) is 1. The molecule has 0 unspecified atom stereocenters. The van der Waals surface area contributed by atoms with Crippen molar-refractivity contribution in [2.45, 2.75) is 0 Å². The van der Waals surface area contributed by atoms with Gasteiger partial charge in [0.25, 0.3) is 5.91 Å². The molecule has 19 heavy (non-hydrogen) atoms. The summed E-state index contributed by atoms with van der Waals surface area (Å²) in [6.45, 7) is 0. The predicted octanol–water partition coefficient (Wildman–Crippen LogP) is 1.79. The molecule has 0 fully saturated rings. The van der Waals surface area contributed by atoms with Crippen LogP contribution < -0.4 is 10.6 Å². The van der Waals surface area contributed by atoms with Crippen LogP contribution in [0.25, 0.3) is 0 Å². The Morgan fingerprint density at radius 1 is 1.42 bits per heavy atom. The fourth-order valence-corrected chi connectivity index (χ4v) is 1.67. The number of aromatic nitrogens is 1. The van der Waals surface area contributed by atoms with Crippen LogP contribution in [0.5, 0.6) is 5.75 Å². The summed E-state index contributed by atoms with van der Waals surface area (Å²) in [5.74, 6) is -1.58. The number of phenols is 1. The van der Waals surface area contributed by atoms with E-state index in [4.69, 9.17) is 10.8 Å². The Morgan fingerprint density at radius 2 is 2.16 bits per heavy atom. The average Bonchev–Trinajstić information content (AvgIpc) is 2.38. The molecule has 0 bridgehead atoms. The quantitative estimate of drug-likeness (QED) is 0.863. The molecule has 2 aromatic rings. The second-order valence-corrected chi connectivity index (χ2v) is 3.96. The topological polar surface area (TPSA) is 79.5 Å². The highest BCUT2D eigenvalue weighted by Crippen LogP contribution is 2.23. The fourth-order valence-electron chi connectivity index (χ4n) is 1.67. The Balaban J connectivity index is 2.37. The molecule has 0 aliphatic heterocycles. The highest BCUT2D eigenvalue weighted by molar-refractivity contribution is 6.07. The van der Waals surface area contributed by atoms with Gasteiger partial charge in [-0.15, -0.1) is 0 Å². The summed E-state index contributed by atoms with van der Waals surface area (Å²) in [5, 5.41) is 9.13. The third-order valence-electron chi connectivity index (χ3n) is 2.68. The number of halogens is 1. The van der Waals surface area contributed by atoms with Crippen LogP contribution in [0.2, 0.25) is 0 Å². The first-order chi connectivity index (χ1) is 9.00. The largest absolute Gasteiger partial charge is 0.508 e. The monoisotopic (exact) mass is 261 g/mol. The van der Waals surface area contributed by atoms with Crippen LogP contribution in [0, 0.1) is 5.82 Å². The molecule has 0 atom stereocenters. The van der Waals surface area contributed by atoms with Crippen molar-refractivity contribution in [3.05, 3.63) is 48.0 Å². The molecular formula is C13H12FN3O2. The molecule has 1 heterocycles. The lowest BCUT2D eigenvalue weighted by Crippen LogP contribution is -2.27.